The first kappa shape index (κ1) is 24.0. The Balaban J connectivity index is 1.45. The smallest absolute Gasteiger partial charge is 0.240 e. The van der Waals surface area contributed by atoms with Gasteiger partial charge in [-0.2, -0.15) is 0 Å². The number of hydrogen-bond donors (Lipinski definition) is 2. The number of carbonyl (C=O) groups excluding carboxylic acids is 1. The Kier molecular flexibility index (Phi) is 8.36. The first-order chi connectivity index (χ1) is 14.7. The van der Waals surface area contributed by atoms with Crippen LogP contribution in [0.5, 0.6) is 0 Å². The van der Waals surface area contributed by atoms with E-state index in [0.717, 1.165) is 30.5 Å². The van der Waals surface area contributed by atoms with E-state index in [-0.39, 0.29) is 29.8 Å². The predicted octanol–water partition coefficient (Wildman–Crippen LogP) is 3.61. The summed E-state index contributed by atoms with van der Waals surface area (Å²) in [5.41, 5.74) is 1.98. The lowest BCUT2D eigenvalue weighted by molar-refractivity contribution is -0.126. The van der Waals surface area contributed by atoms with Crippen LogP contribution in [-0.2, 0) is 21.4 Å². The number of sulfonamides is 1. The normalized spacial score (nSPS) is 17.5. The summed E-state index contributed by atoms with van der Waals surface area (Å²) in [4.78, 5) is 15.0. The first-order valence-electron chi connectivity index (χ1n) is 10.2. The van der Waals surface area contributed by atoms with Gasteiger partial charge in [0.15, 0.2) is 0 Å². The minimum atomic E-state index is -3.58. The molecule has 1 aliphatic rings. The predicted molar refractivity (Wildman–Crippen MR) is 124 cm³/mol. The van der Waals surface area contributed by atoms with E-state index >= 15 is 0 Å². The minimum absolute atomic E-state index is 0.0542. The highest BCUT2D eigenvalue weighted by Crippen LogP contribution is 2.25. The molecule has 1 atom stereocenters. The molecule has 3 rings (SSSR count). The third-order valence-electron chi connectivity index (χ3n) is 5.33. The lowest BCUT2D eigenvalue weighted by atomic mass is 9.96. The van der Waals surface area contributed by atoms with Crippen molar-refractivity contribution in [2.75, 3.05) is 26.2 Å². The second-order valence-corrected chi connectivity index (χ2v) is 10.4. The second-order valence-electron chi connectivity index (χ2n) is 7.81. The molecule has 2 aromatic rings. The van der Waals surface area contributed by atoms with Crippen LogP contribution < -0.4 is 10.0 Å². The van der Waals surface area contributed by atoms with Gasteiger partial charge in [-0.05, 0) is 56.1 Å². The first-order valence-corrected chi connectivity index (χ1v) is 12.5. The molecule has 0 radical (unpaired) electrons. The van der Waals surface area contributed by atoms with Gasteiger partial charge in [0.1, 0.15) is 0 Å². The molecule has 0 spiro atoms. The molecule has 0 bridgehead atoms. The Morgan fingerprint density at radius 1 is 1.13 bits per heavy atom. The van der Waals surface area contributed by atoms with Crippen LogP contribution in [0.3, 0.4) is 0 Å². The highest BCUT2D eigenvalue weighted by atomic mass is 35.5. The Morgan fingerprint density at radius 3 is 2.58 bits per heavy atom. The molecule has 168 valence electrons. The Bertz CT molecular complexity index is 1010. The van der Waals surface area contributed by atoms with E-state index in [1.807, 2.05) is 19.1 Å². The van der Waals surface area contributed by atoms with Crippen molar-refractivity contribution in [1.82, 2.24) is 14.9 Å². The molecular weight excluding hydrogens is 457 g/mol. The average Bonchev–Trinajstić information content (AvgIpc) is 2.74. The summed E-state index contributed by atoms with van der Waals surface area (Å²) >= 11 is 12.2. The molecule has 1 heterocycles. The Morgan fingerprint density at radius 2 is 1.87 bits per heavy atom. The number of aryl methyl sites for hydroxylation is 1. The number of nitrogens with zero attached hydrogens (tertiary/aromatic N) is 1. The van der Waals surface area contributed by atoms with Gasteiger partial charge in [0.05, 0.1) is 10.8 Å². The molecule has 0 unspecified atom stereocenters. The maximum Gasteiger partial charge on any atom is 0.240 e. The zero-order chi connectivity index (χ0) is 22.4. The number of nitrogens with one attached hydrogen (secondary N) is 2. The van der Waals surface area contributed by atoms with Gasteiger partial charge in [0, 0.05) is 36.2 Å². The maximum atomic E-state index is 12.6. The summed E-state index contributed by atoms with van der Waals surface area (Å²) < 4.78 is 27.1. The average molecular weight is 484 g/mol. The van der Waals surface area contributed by atoms with Crippen molar-refractivity contribution in [1.29, 1.82) is 0 Å². The fourth-order valence-corrected chi connectivity index (χ4v) is 5.12. The molecule has 1 amide bonds. The van der Waals surface area contributed by atoms with Crippen LogP contribution in [0.2, 0.25) is 10.0 Å². The molecule has 2 N–H and O–H groups in total. The van der Waals surface area contributed by atoms with Gasteiger partial charge in [-0.25, -0.2) is 13.1 Å². The number of rotatable bonds is 8. The molecule has 0 aliphatic carbocycles. The monoisotopic (exact) mass is 483 g/mol. The molecule has 0 aromatic heterocycles. The summed E-state index contributed by atoms with van der Waals surface area (Å²) in [6.07, 6.45) is 1.73. The maximum absolute atomic E-state index is 12.6. The van der Waals surface area contributed by atoms with Crippen molar-refractivity contribution in [3.63, 3.8) is 0 Å². The van der Waals surface area contributed by atoms with Crippen molar-refractivity contribution in [2.24, 2.45) is 5.92 Å². The quantitative estimate of drug-likeness (QED) is 0.562. The van der Waals surface area contributed by atoms with Gasteiger partial charge in [-0.15, -0.1) is 0 Å². The lowest BCUT2D eigenvalue weighted by Crippen LogP contribution is -2.44. The fourth-order valence-electron chi connectivity index (χ4n) is 3.62. The largest absolute Gasteiger partial charge is 0.355 e. The zero-order valence-electron chi connectivity index (χ0n) is 17.4. The van der Waals surface area contributed by atoms with E-state index in [4.69, 9.17) is 23.2 Å². The van der Waals surface area contributed by atoms with Crippen molar-refractivity contribution in [3.05, 3.63) is 63.6 Å². The van der Waals surface area contributed by atoms with Crippen LogP contribution in [0.25, 0.3) is 0 Å². The van der Waals surface area contributed by atoms with E-state index < -0.39 is 10.0 Å². The number of hydrogen-bond acceptors (Lipinski definition) is 4. The molecule has 2 aromatic carbocycles. The summed E-state index contributed by atoms with van der Waals surface area (Å²) in [7, 11) is -3.58. The van der Waals surface area contributed by atoms with Crippen LogP contribution in [0, 0.1) is 12.8 Å². The van der Waals surface area contributed by atoms with Gasteiger partial charge in [-0.3, -0.25) is 9.69 Å². The van der Waals surface area contributed by atoms with Gasteiger partial charge in [0.25, 0.3) is 0 Å². The molecule has 1 saturated heterocycles. The van der Waals surface area contributed by atoms with Crippen molar-refractivity contribution < 1.29 is 13.2 Å². The van der Waals surface area contributed by atoms with Gasteiger partial charge in [-0.1, -0.05) is 47.0 Å². The molecule has 9 heteroatoms. The molecule has 1 fully saturated rings. The Labute approximate surface area is 194 Å². The summed E-state index contributed by atoms with van der Waals surface area (Å²) in [6.45, 7) is 4.48. The molecule has 1 aliphatic heterocycles. The number of amides is 1. The standard InChI is InChI=1S/C22H27Cl2N3O3S/c1-16-4-8-20(9-5-16)31(29,30)26-11-10-25-22(28)18-3-2-12-27(15-18)14-17-6-7-19(23)13-21(17)24/h4-9,13,18,26H,2-3,10-12,14-15H2,1H3,(H,25,28)/t18-/m1/s1. The molecule has 31 heavy (non-hydrogen) atoms. The van der Waals surface area contributed by atoms with E-state index in [1.54, 1.807) is 30.3 Å². The number of halogens is 2. The topological polar surface area (TPSA) is 78.5 Å². The van der Waals surface area contributed by atoms with Crippen LogP contribution in [0.15, 0.2) is 47.4 Å². The molecule has 0 saturated carbocycles. The minimum Gasteiger partial charge on any atom is -0.355 e. The Hall–Kier alpha value is -1.64. The number of carbonyl (C=O) groups is 1. The van der Waals surface area contributed by atoms with Crippen LogP contribution >= 0.6 is 23.2 Å². The SMILES string of the molecule is Cc1ccc(S(=O)(=O)NCCNC(=O)[C@@H]2CCCN(Cc3ccc(Cl)cc3Cl)C2)cc1. The van der Waals surface area contributed by atoms with Crippen molar-refractivity contribution in [3.8, 4) is 0 Å². The molecule has 6 nitrogen and oxygen atoms in total. The van der Waals surface area contributed by atoms with E-state index in [1.165, 1.54) is 0 Å². The lowest BCUT2D eigenvalue weighted by Gasteiger charge is -2.32. The number of likely N-dealkylation sites (tertiary alicyclic amines) is 1. The second kappa shape index (κ2) is 10.8. The van der Waals surface area contributed by atoms with Crippen molar-refractivity contribution in [2.45, 2.75) is 31.2 Å². The fraction of sp³-hybridized carbons (Fsp3) is 0.409. The van der Waals surface area contributed by atoms with E-state index in [0.29, 0.717) is 23.1 Å². The number of piperidine rings is 1. The highest BCUT2D eigenvalue weighted by Gasteiger charge is 2.26. The van der Waals surface area contributed by atoms with Crippen molar-refractivity contribution >= 4 is 39.1 Å². The summed E-state index contributed by atoms with van der Waals surface area (Å²) in [6, 6.07) is 12.1. The van der Waals surface area contributed by atoms with Crippen LogP contribution in [0.4, 0.5) is 0 Å². The number of benzene rings is 2. The van der Waals surface area contributed by atoms with Crippen LogP contribution in [-0.4, -0.2) is 45.4 Å². The highest BCUT2D eigenvalue weighted by molar-refractivity contribution is 7.89. The van der Waals surface area contributed by atoms with Gasteiger partial charge < -0.3 is 5.32 Å². The summed E-state index contributed by atoms with van der Waals surface area (Å²) in [5.74, 6) is -0.185. The van der Waals surface area contributed by atoms with Crippen LogP contribution in [0.1, 0.15) is 24.0 Å². The van der Waals surface area contributed by atoms with Gasteiger partial charge in [0.2, 0.25) is 15.9 Å². The van der Waals surface area contributed by atoms with E-state index in [9.17, 15) is 13.2 Å². The third kappa shape index (κ3) is 6.92. The molecular formula is C22H27Cl2N3O3S. The summed E-state index contributed by atoms with van der Waals surface area (Å²) in [5, 5.41) is 4.08. The third-order valence-corrected chi connectivity index (χ3v) is 7.40. The van der Waals surface area contributed by atoms with E-state index in [2.05, 4.69) is 14.9 Å². The zero-order valence-corrected chi connectivity index (χ0v) is 19.7. The van der Waals surface area contributed by atoms with Gasteiger partial charge >= 0.3 is 0 Å².